The third-order valence-corrected chi connectivity index (χ3v) is 4.39. The Bertz CT molecular complexity index is 843. The highest BCUT2D eigenvalue weighted by Crippen LogP contribution is 2.33. The first-order chi connectivity index (χ1) is 13.0. The molecule has 27 heavy (non-hydrogen) atoms. The number of carbonyl (C=O) groups excluding carboxylic acids is 2. The van der Waals surface area contributed by atoms with Gasteiger partial charge in [-0.25, -0.2) is 0 Å². The molecular formula is C21H24N2O4. The van der Waals surface area contributed by atoms with Crippen LogP contribution in [0, 0.1) is 13.8 Å². The molecule has 1 saturated heterocycles. The summed E-state index contributed by atoms with van der Waals surface area (Å²) in [6, 6.07) is 11.1. The molecule has 0 aliphatic carbocycles. The summed E-state index contributed by atoms with van der Waals surface area (Å²) in [5.74, 6) is 1.05. The summed E-state index contributed by atoms with van der Waals surface area (Å²) in [6.45, 7) is 4.57. The lowest BCUT2D eigenvalue weighted by Gasteiger charge is -2.19. The molecule has 1 aliphatic heterocycles. The second kappa shape index (κ2) is 8.12. The summed E-state index contributed by atoms with van der Waals surface area (Å²) in [6.07, 6.45) is 1.40. The third-order valence-electron chi connectivity index (χ3n) is 4.39. The average molecular weight is 368 g/mol. The highest BCUT2D eigenvalue weighted by Gasteiger charge is 2.24. The van der Waals surface area contributed by atoms with E-state index in [9.17, 15) is 9.59 Å². The number of rotatable bonds is 6. The molecule has 142 valence electrons. The van der Waals surface area contributed by atoms with Crippen LogP contribution in [0.15, 0.2) is 36.4 Å². The van der Waals surface area contributed by atoms with E-state index in [2.05, 4.69) is 5.32 Å². The van der Waals surface area contributed by atoms with Crippen molar-refractivity contribution in [2.75, 3.05) is 30.5 Å². The molecule has 6 heteroatoms. The van der Waals surface area contributed by atoms with Crippen molar-refractivity contribution >= 4 is 23.2 Å². The molecule has 2 amide bonds. The molecule has 2 aromatic rings. The minimum atomic E-state index is -0.263. The van der Waals surface area contributed by atoms with E-state index in [-0.39, 0.29) is 18.4 Å². The molecule has 6 nitrogen and oxygen atoms in total. The average Bonchev–Trinajstić information content (AvgIpc) is 3.05. The van der Waals surface area contributed by atoms with Gasteiger partial charge < -0.3 is 19.7 Å². The van der Waals surface area contributed by atoms with Crippen LogP contribution >= 0.6 is 0 Å². The van der Waals surface area contributed by atoms with Crippen LogP contribution in [0.2, 0.25) is 0 Å². The third kappa shape index (κ3) is 4.58. The van der Waals surface area contributed by atoms with Crippen LogP contribution in [-0.2, 0) is 9.59 Å². The smallest absolute Gasteiger partial charge is 0.262 e. The van der Waals surface area contributed by atoms with Gasteiger partial charge in [-0.2, -0.15) is 0 Å². The lowest BCUT2D eigenvalue weighted by atomic mass is 10.1. The van der Waals surface area contributed by atoms with Crippen molar-refractivity contribution < 1.29 is 19.1 Å². The normalized spacial score (nSPS) is 13.6. The maximum atomic E-state index is 12.2. The predicted molar refractivity (Wildman–Crippen MR) is 105 cm³/mol. The second-order valence-electron chi connectivity index (χ2n) is 6.70. The van der Waals surface area contributed by atoms with Crippen molar-refractivity contribution in [1.29, 1.82) is 0 Å². The van der Waals surface area contributed by atoms with Gasteiger partial charge >= 0.3 is 0 Å². The van der Waals surface area contributed by atoms with Gasteiger partial charge in [-0.3, -0.25) is 9.59 Å². The summed E-state index contributed by atoms with van der Waals surface area (Å²) in [5.41, 5.74) is 3.49. The van der Waals surface area contributed by atoms with Gasteiger partial charge in [0.2, 0.25) is 5.91 Å². The van der Waals surface area contributed by atoms with Crippen LogP contribution in [0.4, 0.5) is 11.4 Å². The van der Waals surface area contributed by atoms with E-state index < -0.39 is 0 Å². The molecule has 1 aliphatic rings. The minimum Gasteiger partial charge on any atom is -0.494 e. The van der Waals surface area contributed by atoms with E-state index >= 15 is 0 Å². The Morgan fingerprint density at radius 2 is 1.89 bits per heavy atom. The van der Waals surface area contributed by atoms with Gasteiger partial charge in [0.15, 0.2) is 6.61 Å². The number of ether oxygens (including phenoxy) is 2. The topological polar surface area (TPSA) is 67.9 Å². The van der Waals surface area contributed by atoms with Gasteiger partial charge in [0.05, 0.1) is 12.8 Å². The minimum absolute atomic E-state index is 0.0857. The Balaban J connectivity index is 1.64. The summed E-state index contributed by atoms with van der Waals surface area (Å²) in [4.78, 5) is 25.9. The Morgan fingerprint density at radius 3 is 2.52 bits per heavy atom. The highest BCUT2D eigenvalue weighted by molar-refractivity contribution is 5.98. The van der Waals surface area contributed by atoms with Gasteiger partial charge in [0.1, 0.15) is 11.5 Å². The van der Waals surface area contributed by atoms with E-state index in [1.165, 1.54) is 0 Å². The molecule has 0 atom stereocenters. The summed E-state index contributed by atoms with van der Waals surface area (Å²) in [5, 5.41) is 2.80. The molecule has 0 bridgehead atoms. The fourth-order valence-electron chi connectivity index (χ4n) is 3.24. The number of aryl methyl sites for hydroxylation is 2. The molecule has 0 unspecified atom stereocenters. The molecule has 1 N–H and O–H groups in total. The molecule has 0 aromatic heterocycles. The number of carbonyl (C=O) groups is 2. The van der Waals surface area contributed by atoms with Crippen LogP contribution in [-0.4, -0.2) is 32.1 Å². The Labute approximate surface area is 159 Å². The number of nitrogens with zero attached hydrogens (tertiary/aromatic N) is 1. The first-order valence-electron chi connectivity index (χ1n) is 8.95. The predicted octanol–water partition coefficient (Wildman–Crippen LogP) is 3.46. The molecule has 0 radical (unpaired) electrons. The summed E-state index contributed by atoms with van der Waals surface area (Å²) in [7, 11) is 1.55. The zero-order valence-electron chi connectivity index (χ0n) is 15.9. The number of nitrogens with one attached hydrogen (secondary N) is 1. The van der Waals surface area contributed by atoms with Gasteiger partial charge in [0, 0.05) is 24.7 Å². The van der Waals surface area contributed by atoms with E-state index in [0.29, 0.717) is 30.2 Å². The van der Waals surface area contributed by atoms with Crippen molar-refractivity contribution in [2.24, 2.45) is 0 Å². The Kier molecular flexibility index (Phi) is 5.64. The van der Waals surface area contributed by atoms with Crippen LogP contribution in [0.3, 0.4) is 0 Å². The van der Waals surface area contributed by atoms with Crippen LogP contribution in [0.25, 0.3) is 0 Å². The lowest BCUT2D eigenvalue weighted by Crippen LogP contribution is -2.24. The van der Waals surface area contributed by atoms with E-state index in [4.69, 9.17) is 9.47 Å². The number of benzene rings is 2. The Morgan fingerprint density at radius 1 is 1.15 bits per heavy atom. The molecule has 1 heterocycles. The van der Waals surface area contributed by atoms with Crippen molar-refractivity contribution in [2.45, 2.75) is 26.7 Å². The molecular weight excluding hydrogens is 344 g/mol. The fourth-order valence-corrected chi connectivity index (χ4v) is 3.24. The largest absolute Gasteiger partial charge is 0.494 e. The number of amides is 2. The summed E-state index contributed by atoms with van der Waals surface area (Å²) >= 11 is 0. The highest BCUT2D eigenvalue weighted by atomic mass is 16.5. The molecule has 3 rings (SSSR count). The zero-order chi connectivity index (χ0) is 19.4. The number of hydrogen-bond donors (Lipinski definition) is 1. The first-order valence-corrected chi connectivity index (χ1v) is 8.95. The second-order valence-corrected chi connectivity index (χ2v) is 6.70. The SMILES string of the molecule is COc1cc(NC(=O)COc2cc(C)cc(C)c2)ccc1N1CCCC1=O. The standard InChI is InChI=1S/C21H24N2O4/c1-14-9-15(2)11-17(10-14)27-13-20(24)22-16-6-7-18(19(12-16)26-3)23-8-4-5-21(23)25/h6-7,9-12H,4-5,8,13H2,1-3H3,(H,22,24). The van der Waals surface area contributed by atoms with E-state index in [1.807, 2.05) is 32.0 Å². The molecule has 0 saturated carbocycles. The maximum Gasteiger partial charge on any atom is 0.262 e. The van der Waals surface area contributed by atoms with Gasteiger partial charge in [-0.05, 0) is 55.7 Å². The lowest BCUT2D eigenvalue weighted by molar-refractivity contribution is -0.118. The van der Waals surface area contributed by atoms with E-state index in [0.717, 1.165) is 23.2 Å². The van der Waals surface area contributed by atoms with Crippen LogP contribution in [0.1, 0.15) is 24.0 Å². The van der Waals surface area contributed by atoms with Gasteiger partial charge in [0.25, 0.3) is 5.91 Å². The molecule has 2 aromatic carbocycles. The molecule has 1 fully saturated rings. The number of hydrogen-bond acceptors (Lipinski definition) is 4. The van der Waals surface area contributed by atoms with E-state index in [1.54, 1.807) is 30.2 Å². The van der Waals surface area contributed by atoms with Crippen molar-refractivity contribution in [3.63, 3.8) is 0 Å². The van der Waals surface area contributed by atoms with Crippen LogP contribution < -0.4 is 19.7 Å². The fraction of sp³-hybridized carbons (Fsp3) is 0.333. The number of anilines is 2. The number of methoxy groups -OCH3 is 1. The Hall–Kier alpha value is -3.02. The van der Waals surface area contributed by atoms with Crippen molar-refractivity contribution in [3.8, 4) is 11.5 Å². The van der Waals surface area contributed by atoms with Crippen molar-refractivity contribution in [3.05, 3.63) is 47.5 Å². The van der Waals surface area contributed by atoms with Crippen LogP contribution in [0.5, 0.6) is 11.5 Å². The monoisotopic (exact) mass is 368 g/mol. The molecule has 0 spiro atoms. The zero-order valence-corrected chi connectivity index (χ0v) is 15.9. The summed E-state index contributed by atoms with van der Waals surface area (Å²) < 4.78 is 11.0. The van der Waals surface area contributed by atoms with Gasteiger partial charge in [-0.1, -0.05) is 6.07 Å². The first kappa shape index (κ1) is 18.8. The van der Waals surface area contributed by atoms with Crippen molar-refractivity contribution in [1.82, 2.24) is 0 Å². The van der Waals surface area contributed by atoms with Gasteiger partial charge in [-0.15, -0.1) is 0 Å². The quantitative estimate of drug-likeness (QED) is 0.848. The maximum absolute atomic E-state index is 12.2.